The summed E-state index contributed by atoms with van der Waals surface area (Å²) in [5.74, 6) is -1.34. The number of hydrogen-bond donors (Lipinski definition) is 0. The molecule has 0 radical (unpaired) electrons. The molecule has 0 aromatic heterocycles. The molecule has 1 fully saturated rings. The number of rotatable bonds is 4. The second-order valence-electron chi connectivity index (χ2n) is 5.07. The number of methoxy groups -OCH3 is 1. The van der Waals surface area contributed by atoms with Crippen LogP contribution in [-0.4, -0.2) is 36.5 Å². The zero-order chi connectivity index (χ0) is 15.4. The summed E-state index contributed by atoms with van der Waals surface area (Å²) in [6, 6.07) is 3.63. The van der Waals surface area contributed by atoms with E-state index in [2.05, 4.69) is 4.74 Å². The van der Waals surface area contributed by atoms with Gasteiger partial charge in [-0.25, -0.2) is 4.39 Å². The summed E-state index contributed by atoms with van der Waals surface area (Å²) >= 11 is 5.94. The van der Waals surface area contributed by atoms with Crippen LogP contribution in [0.3, 0.4) is 0 Å². The Kier molecular flexibility index (Phi) is 5.17. The van der Waals surface area contributed by atoms with E-state index in [0.29, 0.717) is 0 Å². The lowest BCUT2D eigenvalue weighted by molar-refractivity contribution is -0.141. The van der Waals surface area contributed by atoms with Gasteiger partial charge in [0, 0.05) is 6.04 Å². The zero-order valence-electron chi connectivity index (χ0n) is 11.8. The van der Waals surface area contributed by atoms with Crippen LogP contribution >= 0.6 is 11.6 Å². The number of benzene rings is 1. The Morgan fingerprint density at radius 2 is 2.05 bits per heavy atom. The van der Waals surface area contributed by atoms with Gasteiger partial charge in [0.25, 0.3) is 5.91 Å². The number of carbonyl (C=O) groups is 2. The summed E-state index contributed by atoms with van der Waals surface area (Å²) in [5, 5.41) is 0.0489. The predicted molar refractivity (Wildman–Crippen MR) is 76.7 cm³/mol. The molecule has 2 rings (SSSR count). The van der Waals surface area contributed by atoms with Gasteiger partial charge in [-0.05, 0) is 31.0 Å². The van der Waals surface area contributed by atoms with E-state index >= 15 is 0 Å². The summed E-state index contributed by atoms with van der Waals surface area (Å²) in [4.78, 5) is 25.7. The molecule has 6 heteroatoms. The minimum absolute atomic E-state index is 0.00211. The van der Waals surface area contributed by atoms with Crippen molar-refractivity contribution in [1.29, 1.82) is 0 Å². The minimum atomic E-state index is -0.503. The standard InChI is InChI=1S/C15H17ClFNO3/c1-21-14(19)9-18(11-4-2-3-5-11)15(20)12-7-6-10(17)8-13(12)16/h6-8,11H,2-5,9H2,1H3. The summed E-state index contributed by atoms with van der Waals surface area (Å²) in [6.07, 6.45) is 3.74. The highest BCUT2D eigenvalue weighted by molar-refractivity contribution is 6.33. The molecule has 0 N–H and O–H groups in total. The van der Waals surface area contributed by atoms with Crippen molar-refractivity contribution < 1.29 is 18.7 Å². The van der Waals surface area contributed by atoms with E-state index in [0.717, 1.165) is 31.7 Å². The van der Waals surface area contributed by atoms with E-state index in [-0.39, 0.29) is 29.1 Å². The van der Waals surface area contributed by atoms with Crippen molar-refractivity contribution in [1.82, 2.24) is 4.90 Å². The number of hydrogen-bond acceptors (Lipinski definition) is 3. The highest BCUT2D eigenvalue weighted by Gasteiger charge is 2.30. The van der Waals surface area contributed by atoms with Crippen LogP contribution in [-0.2, 0) is 9.53 Å². The van der Waals surface area contributed by atoms with Crippen molar-refractivity contribution >= 4 is 23.5 Å². The number of nitrogens with zero attached hydrogens (tertiary/aromatic N) is 1. The Labute approximate surface area is 127 Å². The Bertz CT molecular complexity index is 544. The number of amides is 1. The molecule has 0 aliphatic heterocycles. The number of halogens is 2. The molecule has 0 bridgehead atoms. The lowest BCUT2D eigenvalue weighted by atomic mass is 10.1. The van der Waals surface area contributed by atoms with Crippen LogP contribution in [0.5, 0.6) is 0 Å². The van der Waals surface area contributed by atoms with Gasteiger partial charge >= 0.3 is 5.97 Å². The maximum atomic E-state index is 13.1. The monoisotopic (exact) mass is 313 g/mol. The Morgan fingerprint density at radius 1 is 1.38 bits per heavy atom. The summed E-state index contributed by atoms with van der Waals surface area (Å²) < 4.78 is 17.7. The first-order valence-electron chi connectivity index (χ1n) is 6.85. The van der Waals surface area contributed by atoms with E-state index in [1.165, 1.54) is 24.1 Å². The summed E-state index contributed by atoms with van der Waals surface area (Å²) in [6.45, 7) is -0.117. The molecule has 0 saturated heterocycles. The lowest BCUT2D eigenvalue weighted by Gasteiger charge is -2.28. The average molecular weight is 314 g/mol. The maximum absolute atomic E-state index is 13.1. The topological polar surface area (TPSA) is 46.6 Å². The van der Waals surface area contributed by atoms with Crippen molar-refractivity contribution in [2.75, 3.05) is 13.7 Å². The molecule has 0 heterocycles. The van der Waals surface area contributed by atoms with Gasteiger partial charge in [-0.3, -0.25) is 9.59 Å². The first-order chi connectivity index (χ1) is 10.0. The second-order valence-corrected chi connectivity index (χ2v) is 5.48. The lowest BCUT2D eigenvalue weighted by Crippen LogP contribution is -2.42. The maximum Gasteiger partial charge on any atom is 0.325 e. The fraction of sp³-hybridized carbons (Fsp3) is 0.467. The van der Waals surface area contributed by atoms with Crippen LogP contribution in [0.4, 0.5) is 4.39 Å². The van der Waals surface area contributed by atoms with Crippen molar-refractivity contribution in [3.05, 3.63) is 34.6 Å². The van der Waals surface area contributed by atoms with Gasteiger partial charge in [0.2, 0.25) is 0 Å². The Balaban J connectivity index is 2.26. The molecule has 21 heavy (non-hydrogen) atoms. The predicted octanol–water partition coefficient (Wildman–Crippen LogP) is 3.04. The van der Waals surface area contributed by atoms with Crippen LogP contribution in [0.25, 0.3) is 0 Å². The third kappa shape index (κ3) is 3.73. The third-order valence-electron chi connectivity index (χ3n) is 3.71. The average Bonchev–Trinajstić information content (AvgIpc) is 2.97. The first kappa shape index (κ1) is 15.8. The molecular weight excluding hydrogens is 297 g/mol. The van der Waals surface area contributed by atoms with Gasteiger partial charge in [0.15, 0.2) is 0 Å². The largest absolute Gasteiger partial charge is 0.468 e. The Hall–Kier alpha value is -1.62. The SMILES string of the molecule is COC(=O)CN(C(=O)c1ccc(F)cc1Cl)C1CCCC1. The van der Waals surface area contributed by atoms with Crippen LogP contribution in [0.1, 0.15) is 36.0 Å². The molecule has 0 spiro atoms. The van der Waals surface area contributed by atoms with Gasteiger partial charge < -0.3 is 9.64 Å². The molecule has 1 amide bonds. The third-order valence-corrected chi connectivity index (χ3v) is 4.03. The highest BCUT2D eigenvalue weighted by Crippen LogP contribution is 2.27. The first-order valence-corrected chi connectivity index (χ1v) is 7.23. The van der Waals surface area contributed by atoms with Crippen molar-refractivity contribution in [3.8, 4) is 0 Å². The molecule has 1 aromatic rings. The van der Waals surface area contributed by atoms with Gasteiger partial charge in [0.05, 0.1) is 17.7 Å². The number of esters is 1. The molecule has 0 unspecified atom stereocenters. The van der Waals surface area contributed by atoms with Crippen LogP contribution in [0, 0.1) is 5.82 Å². The smallest absolute Gasteiger partial charge is 0.325 e. The van der Waals surface area contributed by atoms with E-state index in [4.69, 9.17) is 11.6 Å². The van der Waals surface area contributed by atoms with Gasteiger partial charge in [-0.1, -0.05) is 24.4 Å². The van der Waals surface area contributed by atoms with Crippen LogP contribution in [0.15, 0.2) is 18.2 Å². The number of ether oxygens (including phenoxy) is 1. The Morgan fingerprint density at radius 3 is 2.62 bits per heavy atom. The number of carbonyl (C=O) groups excluding carboxylic acids is 2. The molecule has 1 aliphatic rings. The minimum Gasteiger partial charge on any atom is -0.468 e. The molecule has 1 saturated carbocycles. The molecular formula is C15H17ClFNO3. The summed E-state index contributed by atoms with van der Waals surface area (Å²) in [5.41, 5.74) is 0.203. The second kappa shape index (κ2) is 6.89. The van der Waals surface area contributed by atoms with Crippen molar-refractivity contribution in [2.24, 2.45) is 0 Å². The molecule has 4 nitrogen and oxygen atoms in total. The van der Waals surface area contributed by atoms with E-state index in [1.54, 1.807) is 0 Å². The quantitative estimate of drug-likeness (QED) is 0.803. The fourth-order valence-corrected chi connectivity index (χ4v) is 2.85. The van der Waals surface area contributed by atoms with Gasteiger partial charge in [0.1, 0.15) is 12.4 Å². The normalized spacial score (nSPS) is 15.0. The zero-order valence-corrected chi connectivity index (χ0v) is 12.5. The summed E-state index contributed by atoms with van der Waals surface area (Å²) in [7, 11) is 1.28. The molecule has 0 atom stereocenters. The molecule has 1 aromatic carbocycles. The van der Waals surface area contributed by atoms with Crippen LogP contribution in [0.2, 0.25) is 5.02 Å². The highest BCUT2D eigenvalue weighted by atomic mass is 35.5. The fourth-order valence-electron chi connectivity index (χ4n) is 2.60. The van der Waals surface area contributed by atoms with Gasteiger partial charge in [-0.15, -0.1) is 0 Å². The van der Waals surface area contributed by atoms with E-state index in [1.807, 2.05) is 0 Å². The van der Waals surface area contributed by atoms with E-state index in [9.17, 15) is 14.0 Å². The van der Waals surface area contributed by atoms with Crippen LogP contribution < -0.4 is 0 Å². The van der Waals surface area contributed by atoms with E-state index < -0.39 is 11.8 Å². The van der Waals surface area contributed by atoms with Crippen molar-refractivity contribution in [3.63, 3.8) is 0 Å². The molecule has 114 valence electrons. The molecule has 1 aliphatic carbocycles. The van der Waals surface area contributed by atoms with Gasteiger partial charge in [-0.2, -0.15) is 0 Å². The van der Waals surface area contributed by atoms with Crippen molar-refractivity contribution in [2.45, 2.75) is 31.7 Å².